The zero-order valence-corrected chi connectivity index (χ0v) is 10.3. The van der Waals surface area contributed by atoms with Gasteiger partial charge in [0.2, 0.25) is 0 Å². The number of aryl methyl sites for hydroxylation is 1. The largest absolute Gasteiger partial charge is 0.378 e. The zero-order chi connectivity index (χ0) is 12.7. The molecule has 3 rings (SSSR count). The summed E-state index contributed by atoms with van der Waals surface area (Å²) in [6.07, 6.45) is 2.15. The summed E-state index contributed by atoms with van der Waals surface area (Å²) in [6.45, 7) is 2.58. The van der Waals surface area contributed by atoms with Gasteiger partial charge in [-0.25, -0.2) is 4.39 Å². The average molecular weight is 249 g/mol. The highest BCUT2D eigenvalue weighted by Gasteiger charge is 2.45. The van der Waals surface area contributed by atoms with Gasteiger partial charge in [-0.3, -0.25) is 4.79 Å². The van der Waals surface area contributed by atoms with Crippen LogP contribution in [0, 0.1) is 18.7 Å². The fraction of sp³-hybridized carbons (Fsp3) is 0.500. The van der Waals surface area contributed by atoms with E-state index in [0.29, 0.717) is 12.0 Å². The van der Waals surface area contributed by atoms with Crippen LogP contribution in [0.2, 0.25) is 0 Å². The number of halogens is 1. The van der Waals surface area contributed by atoms with Gasteiger partial charge < -0.3 is 10.1 Å². The maximum absolute atomic E-state index is 13.7. The van der Waals surface area contributed by atoms with E-state index in [0.717, 1.165) is 25.0 Å². The third-order valence-corrected chi connectivity index (χ3v) is 3.95. The molecule has 0 spiro atoms. The second-order valence-electron chi connectivity index (χ2n) is 5.16. The number of carbonyl (C=O) groups excluding carboxylic acids is 1. The highest BCUT2D eigenvalue weighted by Crippen LogP contribution is 2.38. The Morgan fingerprint density at radius 2 is 2.33 bits per heavy atom. The Morgan fingerprint density at radius 1 is 1.50 bits per heavy atom. The fourth-order valence-electron chi connectivity index (χ4n) is 2.81. The minimum absolute atomic E-state index is 0.128. The van der Waals surface area contributed by atoms with E-state index in [2.05, 4.69) is 5.32 Å². The van der Waals surface area contributed by atoms with Crippen molar-refractivity contribution in [3.63, 3.8) is 0 Å². The number of ether oxygens (including phenoxy) is 1. The molecule has 3 nitrogen and oxygen atoms in total. The first kappa shape index (κ1) is 11.7. The highest BCUT2D eigenvalue weighted by molar-refractivity contribution is 5.94. The minimum atomic E-state index is -0.453. The first-order valence-corrected chi connectivity index (χ1v) is 6.34. The molecular weight excluding hydrogens is 233 g/mol. The number of fused-ring (bicyclic) bond motifs is 1. The van der Waals surface area contributed by atoms with Gasteiger partial charge in [0.15, 0.2) is 0 Å². The third-order valence-electron chi connectivity index (χ3n) is 3.95. The lowest BCUT2D eigenvalue weighted by Crippen LogP contribution is -2.53. The topological polar surface area (TPSA) is 38.3 Å². The SMILES string of the molecule is Cc1ccc(C(=O)N[C@@H]2C[C@H]3OCC[C@@H]23)c(F)c1. The number of carbonyl (C=O) groups is 1. The maximum atomic E-state index is 13.7. The van der Waals surface area contributed by atoms with Gasteiger partial charge in [-0.15, -0.1) is 0 Å². The number of rotatable bonds is 2. The fourth-order valence-corrected chi connectivity index (χ4v) is 2.81. The van der Waals surface area contributed by atoms with Crippen LogP contribution < -0.4 is 5.32 Å². The van der Waals surface area contributed by atoms with Crippen molar-refractivity contribution in [2.75, 3.05) is 6.61 Å². The Labute approximate surface area is 105 Å². The Bertz CT molecular complexity index is 489. The van der Waals surface area contributed by atoms with Gasteiger partial charge in [-0.1, -0.05) is 6.07 Å². The maximum Gasteiger partial charge on any atom is 0.254 e. The summed E-state index contributed by atoms with van der Waals surface area (Å²) in [5.74, 6) is -0.351. The zero-order valence-electron chi connectivity index (χ0n) is 10.3. The summed E-state index contributed by atoms with van der Waals surface area (Å²) in [5.41, 5.74) is 0.944. The van der Waals surface area contributed by atoms with E-state index in [1.165, 1.54) is 6.07 Å². The lowest BCUT2D eigenvalue weighted by molar-refractivity contribution is 0.00805. The molecule has 1 saturated carbocycles. The minimum Gasteiger partial charge on any atom is -0.378 e. The number of benzene rings is 1. The summed E-state index contributed by atoms with van der Waals surface area (Å²) in [5, 5.41) is 2.91. The van der Waals surface area contributed by atoms with Gasteiger partial charge in [-0.05, 0) is 37.5 Å². The van der Waals surface area contributed by atoms with Gasteiger partial charge in [-0.2, -0.15) is 0 Å². The van der Waals surface area contributed by atoms with Crippen molar-refractivity contribution in [1.29, 1.82) is 0 Å². The van der Waals surface area contributed by atoms with Crippen LogP contribution in [0.1, 0.15) is 28.8 Å². The number of hydrogen-bond acceptors (Lipinski definition) is 2. The van der Waals surface area contributed by atoms with Gasteiger partial charge >= 0.3 is 0 Å². The van der Waals surface area contributed by atoms with Crippen LogP contribution in [0.15, 0.2) is 18.2 Å². The molecule has 1 saturated heterocycles. The van der Waals surface area contributed by atoms with Crippen molar-refractivity contribution in [1.82, 2.24) is 5.32 Å². The molecule has 1 amide bonds. The summed E-state index contributed by atoms with van der Waals surface area (Å²) < 4.78 is 19.1. The molecule has 96 valence electrons. The van der Waals surface area contributed by atoms with E-state index in [-0.39, 0.29) is 17.5 Å². The molecule has 1 N–H and O–H groups in total. The van der Waals surface area contributed by atoms with E-state index in [1.807, 2.05) is 0 Å². The Hall–Kier alpha value is -1.42. The van der Waals surface area contributed by atoms with Crippen molar-refractivity contribution in [2.24, 2.45) is 5.92 Å². The summed E-state index contributed by atoms with van der Waals surface area (Å²) >= 11 is 0. The number of hydrogen-bond donors (Lipinski definition) is 1. The summed E-state index contributed by atoms with van der Waals surface area (Å²) in [6, 6.07) is 4.82. The van der Waals surface area contributed by atoms with Crippen LogP contribution in [0.4, 0.5) is 4.39 Å². The molecule has 1 aliphatic carbocycles. The van der Waals surface area contributed by atoms with Crippen LogP contribution in [-0.2, 0) is 4.74 Å². The second kappa shape index (κ2) is 4.35. The molecule has 4 heteroatoms. The molecular formula is C14H16FNO2. The summed E-state index contributed by atoms with van der Waals surface area (Å²) in [4.78, 5) is 12.0. The summed E-state index contributed by atoms with van der Waals surface area (Å²) in [7, 11) is 0. The standard InChI is InChI=1S/C14H16FNO2/c1-8-2-3-9(11(15)6-8)14(17)16-12-7-13-10(12)4-5-18-13/h2-3,6,10,12-13H,4-5,7H2,1H3,(H,16,17)/t10-,12+,13+/m0/s1. The Balaban J connectivity index is 1.68. The molecule has 1 heterocycles. The van der Waals surface area contributed by atoms with Gasteiger partial charge in [0.1, 0.15) is 5.82 Å². The smallest absolute Gasteiger partial charge is 0.254 e. The van der Waals surface area contributed by atoms with E-state index in [4.69, 9.17) is 4.74 Å². The van der Waals surface area contributed by atoms with Crippen LogP contribution >= 0.6 is 0 Å². The monoisotopic (exact) mass is 249 g/mol. The van der Waals surface area contributed by atoms with Gasteiger partial charge in [0, 0.05) is 18.6 Å². The first-order valence-electron chi connectivity index (χ1n) is 6.34. The Kier molecular flexibility index (Phi) is 2.82. The van der Waals surface area contributed by atoms with Crippen LogP contribution in [0.25, 0.3) is 0 Å². The van der Waals surface area contributed by atoms with Gasteiger partial charge in [0.05, 0.1) is 11.7 Å². The lowest BCUT2D eigenvalue weighted by atomic mass is 9.76. The highest BCUT2D eigenvalue weighted by atomic mass is 19.1. The van der Waals surface area contributed by atoms with Crippen LogP contribution in [-0.4, -0.2) is 24.7 Å². The predicted molar refractivity (Wildman–Crippen MR) is 64.9 cm³/mol. The molecule has 1 aliphatic heterocycles. The molecule has 1 aromatic carbocycles. The number of nitrogens with one attached hydrogen (secondary N) is 1. The van der Waals surface area contributed by atoms with E-state index < -0.39 is 5.82 Å². The predicted octanol–water partition coefficient (Wildman–Crippen LogP) is 2.04. The van der Waals surface area contributed by atoms with E-state index in [9.17, 15) is 9.18 Å². The number of amides is 1. The molecule has 0 aromatic heterocycles. The second-order valence-corrected chi connectivity index (χ2v) is 5.16. The van der Waals surface area contributed by atoms with Crippen LogP contribution in [0.5, 0.6) is 0 Å². The molecule has 0 unspecified atom stereocenters. The van der Waals surface area contributed by atoms with Crippen LogP contribution in [0.3, 0.4) is 0 Å². The van der Waals surface area contributed by atoms with Crippen molar-refractivity contribution in [3.8, 4) is 0 Å². The molecule has 1 aromatic rings. The van der Waals surface area contributed by atoms with Crippen molar-refractivity contribution in [2.45, 2.75) is 31.9 Å². The lowest BCUT2D eigenvalue weighted by Gasteiger charge is -2.39. The van der Waals surface area contributed by atoms with Crippen molar-refractivity contribution < 1.29 is 13.9 Å². The average Bonchev–Trinajstić information content (AvgIpc) is 2.67. The molecule has 2 aliphatic rings. The normalized spacial score (nSPS) is 29.6. The Morgan fingerprint density at radius 3 is 3.06 bits per heavy atom. The van der Waals surface area contributed by atoms with Gasteiger partial charge in [0.25, 0.3) is 5.91 Å². The third kappa shape index (κ3) is 1.90. The molecule has 18 heavy (non-hydrogen) atoms. The molecule has 0 bridgehead atoms. The van der Waals surface area contributed by atoms with Crippen molar-refractivity contribution >= 4 is 5.91 Å². The molecule has 2 fully saturated rings. The quantitative estimate of drug-likeness (QED) is 0.871. The molecule has 0 radical (unpaired) electrons. The first-order chi connectivity index (χ1) is 8.65. The van der Waals surface area contributed by atoms with E-state index >= 15 is 0 Å². The van der Waals surface area contributed by atoms with Crippen molar-refractivity contribution in [3.05, 3.63) is 35.1 Å². The molecule has 3 atom stereocenters. The van der Waals surface area contributed by atoms with E-state index in [1.54, 1.807) is 19.1 Å².